The number of aryl methyl sites for hydroxylation is 2. The molecule has 0 atom stereocenters. The minimum Gasteiger partial charge on any atom is -0.318 e. The number of para-hydroxylation sites is 1. The molecular weight excluding hydrogens is 360 g/mol. The molecule has 5 heteroatoms. The van der Waals surface area contributed by atoms with Gasteiger partial charge in [-0.05, 0) is 40.0 Å². The maximum atomic E-state index is 12.1. The van der Waals surface area contributed by atoms with Crippen molar-refractivity contribution in [3.8, 4) is 0 Å². The van der Waals surface area contributed by atoms with Crippen LogP contribution in [0.15, 0.2) is 58.0 Å². The maximum Gasteiger partial charge on any atom is 0.248 e. The summed E-state index contributed by atoms with van der Waals surface area (Å²) in [6.07, 6.45) is 1.15. The number of thiazole rings is 1. The molecule has 0 saturated carbocycles. The van der Waals surface area contributed by atoms with Gasteiger partial charge in [0, 0.05) is 17.9 Å². The lowest BCUT2D eigenvalue weighted by atomic mass is 10.1. The van der Waals surface area contributed by atoms with Crippen molar-refractivity contribution in [3.05, 3.63) is 63.4 Å². The van der Waals surface area contributed by atoms with Gasteiger partial charge in [0.25, 0.3) is 0 Å². The predicted molar refractivity (Wildman–Crippen MR) is 93.8 cm³/mol. The van der Waals surface area contributed by atoms with Crippen LogP contribution in [0.1, 0.15) is 12.0 Å². The van der Waals surface area contributed by atoms with E-state index in [1.165, 1.54) is 11.3 Å². The number of amides is 1. The summed E-state index contributed by atoms with van der Waals surface area (Å²) < 4.78 is 4.10. The molecular formula is C17H15BrN2OS. The summed E-state index contributed by atoms with van der Waals surface area (Å²) in [5.41, 5.74) is 2.23. The number of carbonyl (C=O) groups is 1. The maximum absolute atomic E-state index is 12.1. The van der Waals surface area contributed by atoms with Crippen molar-refractivity contribution in [2.24, 2.45) is 12.0 Å². The molecule has 0 radical (unpaired) electrons. The standard InChI is InChI=1S/C17H15BrN2OS/c1-20-16-13(18)8-5-9-14(16)22-17(20)19-15(21)11-10-12-6-3-2-4-7-12/h2-9H,10-11H2,1H3. The van der Waals surface area contributed by atoms with Gasteiger partial charge in [0.05, 0.1) is 10.2 Å². The van der Waals surface area contributed by atoms with Gasteiger partial charge in [-0.3, -0.25) is 4.79 Å². The van der Waals surface area contributed by atoms with Crippen LogP contribution in [0.5, 0.6) is 0 Å². The molecule has 1 amide bonds. The van der Waals surface area contributed by atoms with Gasteiger partial charge in [0.15, 0.2) is 4.80 Å². The fraction of sp³-hybridized carbons (Fsp3) is 0.176. The molecule has 112 valence electrons. The molecule has 0 N–H and O–H groups in total. The van der Waals surface area contributed by atoms with Crippen molar-refractivity contribution in [2.75, 3.05) is 0 Å². The van der Waals surface area contributed by atoms with E-state index >= 15 is 0 Å². The van der Waals surface area contributed by atoms with Crippen molar-refractivity contribution in [2.45, 2.75) is 12.8 Å². The Balaban J connectivity index is 1.84. The van der Waals surface area contributed by atoms with E-state index in [0.29, 0.717) is 6.42 Å². The predicted octanol–water partition coefficient (Wildman–Crippen LogP) is 4.06. The third-order valence-electron chi connectivity index (χ3n) is 3.46. The number of halogens is 1. The number of hydrogen-bond donors (Lipinski definition) is 0. The Bertz CT molecular complexity index is 881. The van der Waals surface area contributed by atoms with E-state index in [1.54, 1.807) is 0 Å². The summed E-state index contributed by atoms with van der Waals surface area (Å²) in [6, 6.07) is 16.0. The molecule has 1 heterocycles. The number of nitrogens with zero attached hydrogens (tertiary/aromatic N) is 2. The summed E-state index contributed by atoms with van der Waals surface area (Å²) in [5.74, 6) is -0.0814. The molecule has 3 aromatic rings. The average molecular weight is 375 g/mol. The van der Waals surface area contributed by atoms with Gasteiger partial charge < -0.3 is 4.57 Å². The molecule has 0 spiro atoms. The van der Waals surface area contributed by atoms with E-state index in [1.807, 2.05) is 60.1 Å². The number of carbonyl (C=O) groups excluding carboxylic acids is 1. The molecule has 3 rings (SSSR count). The normalized spacial score (nSPS) is 12.0. The van der Waals surface area contributed by atoms with Gasteiger partial charge in [-0.15, -0.1) is 0 Å². The van der Waals surface area contributed by atoms with E-state index in [9.17, 15) is 4.79 Å². The lowest BCUT2D eigenvalue weighted by Crippen LogP contribution is -2.13. The van der Waals surface area contributed by atoms with Crippen LogP contribution in [-0.2, 0) is 18.3 Å². The minimum atomic E-state index is -0.0814. The molecule has 0 fully saturated rings. The Morgan fingerprint density at radius 1 is 1.18 bits per heavy atom. The van der Waals surface area contributed by atoms with Gasteiger partial charge in [-0.2, -0.15) is 4.99 Å². The lowest BCUT2D eigenvalue weighted by molar-refractivity contribution is -0.118. The SMILES string of the molecule is Cn1c(=NC(=O)CCc2ccccc2)sc2cccc(Br)c21. The summed E-state index contributed by atoms with van der Waals surface area (Å²) in [6.45, 7) is 0. The fourth-order valence-electron chi connectivity index (χ4n) is 2.32. The minimum absolute atomic E-state index is 0.0814. The monoisotopic (exact) mass is 374 g/mol. The molecule has 2 aromatic carbocycles. The molecule has 0 aliphatic rings. The quantitative estimate of drug-likeness (QED) is 0.680. The second kappa shape index (κ2) is 6.58. The second-order valence-electron chi connectivity index (χ2n) is 5.02. The first-order valence-corrected chi connectivity index (χ1v) is 8.61. The largest absolute Gasteiger partial charge is 0.318 e. The Hall–Kier alpha value is -1.72. The molecule has 3 nitrogen and oxygen atoms in total. The molecule has 0 bridgehead atoms. The van der Waals surface area contributed by atoms with Crippen molar-refractivity contribution in [3.63, 3.8) is 0 Å². The molecule has 0 saturated heterocycles. The van der Waals surface area contributed by atoms with Gasteiger partial charge >= 0.3 is 0 Å². The van der Waals surface area contributed by atoms with Crippen LogP contribution in [0.3, 0.4) is 0 Å². The molecule has 0 aliphatic heterocycles. The van der Waals surface area contributed by atoms with Crippen LogP contribution in [0.4, 0.5) is 0 Å². The Labute approximate surface area is 141 Å². The average Bonchev–Trinajstić information content (AvgIpc) is 2.84. The summed E-state index contributed by atoms with van der Waals surface area (Å²) >= 11 is 5.08. The highest BCUT2D eigenvalue weighted by atomic mass is 79.9. The first-order valence-electron chi connectivity index (χ1n) is 7.00. The van der Waals surface area contributed by atoms with Gasteiger partial charge in [-0.25, -0.2) is 0 Å². The molecule has 22 heavy (non-hydrogen) atoms. The third kappa shape index (κ3) is 3.20. The van der Waals surface area contributed by atoms with Gasteiger partial charge in [-0.1, -0.05) is 47.7 Å². The van der Waals surface area contributed by atoms with E-state index in [4.69, 9.17) is 0 Å². The lowest BCUT2D eigenvalue weighted by Gasteiger charge is -1.99. The first-order chi connectivity index (χ1) is 10.6. The van der Waals surface area contributed by atoms with Crippen LogP contribution < -0.4 is 4.80 Å². The summed E-state index contributed by atoms with van der Waals surface area (Å²) in [5, 5.41) is 0. The Morgan fingerprint density at radius 2 is 1.95 bits per heavy atom. The highest BCUT2D eigenvalue weighted by Crippen LogP contribution is 2.24. The van der Waals surface area contributed by atoms with Gasteiger partial charge in [0.1, 0.15) is 0 Å². The summed E-state index contributed by atoms with van der Waals surface area (Å²) in [4.78, 5) is 17.1. The van der Waals surface area contributed by atoms with Crippen LogP contribution in [-0.4, -0.2) is 10.5 Å². The van der Waals surface area contributed by atoms with E-state index in [2.05, 4.69) is 20.9 Å². The van der Waals surface area contributed by atoms with Gasteiger partial charge in [0.2, 0.25) is 5.91 Å². The molecule has 0 unspecified atom stereocenters. The van der Waals surface area contributed by atoms with Crippen molar-refractivity contribution >= 4 is 43.4 Å². The zero-order chi connectivity index (χ0) is 15.5. The number of hydrogen-bond acceptors (Lipinski definition) is 2. The van der Waals surface area contributed by atoms with Crippen molar-refractivity contribution in [1.29, 1.82) is 0 Å². The number of fused-ring (bicyclic) bond motifs is 1. The van der Waals surface area contributed by atoms with E-state index in [0.717, 1.165) is 31.5 Å². The van der Waals surface area contributed by atoms with E-state index in [-0.39, 0.29) is 5.91 Å². The zero-order valence-electron chi connectivity index (χ0n) is 12.1. The van der Waals surface area contributed by atoms with Crippen LogP contribution >= 0.6 is 27.3 Å². The molecule has 0 aliphatic carbocycles. The highest BCUT2D eigenvalue weighted by Gasteiger charge is 2.07. The zero-order valence-corrected chi connectivity index (χ0v) is 14.5. The summed E-state index contributed by atoms with van der Waals surface area (Å²) in [7, 11) is 1.94. The van der Waals surface area contributed by atoms with Crippen LogP contribution in [0.25, 0.3) is 10.2 Å². The van der Waals surface area contributed by atoms with Crippen LogP contribution in [0, 0.1) is 0 Å². The number of rotatable bonds is 3. The topological polar surface area (TPSA) is 34.4 Å². The fourth-order valence-corrected chi connectivity index (χ4v) is 4.15. The number of benzene rings is 2. The first kappa shape index (κ1) is 15.2. The molecule has 1 aromatic heterocycles. The Morgan fingerprint density at radius 3 is 2.68 bits per heavy atom. The second-order valence-corrected chi connectivity index (χ2v) is 6.88. The van der Waals surface area contributed by atoms with E-state index < -0.39 is 0 Å². The number of aromatic nitrogens is 1. The Kier molecular flexibility index (Phi) is 4.55. The van der Waals surface area contributed by atoms with Crippen molar-refractivity contribution < 1.29 is 4.79 Å². The highest BCUT2D eigenvalue weighted by molar-refractivity contribution is 9.10. The van der Waals surface area contributed by atoms with Crippen molar-refractivity contribution in [1.82, 2.24) is 4.57 Å². The smallest absolute Gasteiger partial charge is 0.248 e. The third-order valence-corrected chi connectivity index (χ3v) is 5.20. The van der Waals surface area contributed by atoms with Crippen LogP contribution in [0.2, 0.25) is 0 Å².